The Kier molecular flexibility index (Phi) is 6.25. The van der Waals surface area contributed by atoms with Crippen LogP contribution >= 0.6 is 0 Å². The van der Waals surface area contributed by atoms with E-state index in [1.165, 1.54) is 43.2 Å². The van der Waals surface area contributed by atoms with Gasteiger partial charge in [-0.25, -0.2) is 0 Å². The molecule has 0 aromatic heterocycles. The van der Waals surface area contributed by atoms with Gasteiger partial charge in [-0.15, -0.1) is 0 Å². The maximum Gasteiger partial charge on any atom is 0.0502 e. The van der Waals surface area contributed by atoms with Gasteiger partial charge in [-0.3, -0.25) is 0 Å². The third-order valence-corrected chi connectivity index (χ3v) is 4.95. The maximum absolute atomic E-state index is 5.16. The van der Waals surface area contributed by atoms with Gasteiger partial charge in [0, 0.05) is 13.2 Å². The van der Waals surface area contributed by atoms with Crippen molar-refractivity contribution in [2.45, 2.75) is 58.4 Å². The predicted octanol–water partition coefficient (Wildman–Crippen LogP) is 4.50. The van der Waals surface area contributed by atoms with Crippen molar-refractivity contribution in [1.29, 1.82) is 0 Å². The van der Waals surface area contributed by atoms with E-state index in [1.54, 1.807) is 7.11 Å². The molecule has 1 aliphatic carbocycles. The van der Waals surface area contributed by atoms with Gasteiger partial charge in [0.25, 0.3) is 0 Å². The van der Waals surface area contributed by atoms with Crippen LogP contribution in [0.25, 0.3) is 0 Å². The van der Waals surface area contributed by atoms with Gasteiger partial charge in [0.2, 0.25) is 0 Å². The molecule has 0 aliphatic heterocycles. The fourth-order valence-electron chi connectivity index (χ4n) is 3.62. The minimum Gasteiger partial charge on any atom is -0.384 e. The van der Waals surface area contributed by atoms with E-state index in [-0.39, 0.29) is 0 Å². The Hall–Kier alpha value is -0.860. The van der Waals surface area contributed by atoms with Crippen LogP contribution in [0.2, 0.25) is 0 Å². The van der Waals surface area contributed by atoms with Crippen molar-refractivity contribution < 1.29 is 4.74 Å². The van der Waals surface area contributed by atoms with E-state index in [1.807, 2.05) is 0 Å². The minimum absolute atomic E-state index is 0.420. The van der Waals surface area contributed by atoms with Crippen LogP contribution in [0, 0.1) is 5.41 Å². The van der Waals surface area contributed by atoms with Crippen LogP contribution in [-0.2, 0) is 11.2 Å². The quantitative estimate of drug-likeness (QED) is 0.761. The summed E-state index contributed by atoms with van der Waals surface area (Å²) in [5, 5.41) is 3.81. The minimum atomic E-state index is 0.420. The topological polar surface area (TPSA) is 21.3 Å². The molecule has 0 heterocycles. The van der Waals surface area contributed by atoms with E-state index < -0.39 is 0 Å². The molecular weight excluding hydrogens is 258 g/mol. The Morgan fingerprint density at radius 2 is 1.86 bits per heavy atom. The fourth-order valence-corrected chi connectivity index (χ4v) is 3.62. The standard InChI is InChI=1S/C19H31NO/c1-4-14-20-18(19(2)12-5-6-13-19)17-9-7-16(8-10-17)11-15-21-3/h7-10,18,20H,4-6,11-15H2,1-3H3. The lowest BCUT2D eigenvalue weighted by Crippen LogP contribution is -2.35. The van der Waals surface area contributed by atoms with Crippen LogP contribution in [0.4, 0.5) is 0 Å². The van der Waals surface area contributed by atoms with Gasteiger partial charge in [-0.05, 0) is 48.8 Å². The molecule has 1 aromatic rings. The average molecular weight is 289 g/mol. The summed E-state index contributed by atoms with van der Waals surface area (Å²) in [7, 11) is 1.76. The van der Waals surface area contributed by atoms with Gasteiger partial charge in [0.05, 0.1) is 6.61 Å². The summed E-state index contributed by atoms with van der Waals surface area (Å²) in [4.78, 5) is 0. The lowest BCUT2D eigenvalue weighted by molar-refractivity contribution is 0.202. The number of hydrogen-bond acceptors (Lipinski definition) is 2. The second-order valence-corrected chi connectivity index (χ2v) is 6.73. The molecule has 0 spiro atoms. The van der Waals surface area contributed by atoms with Crippen LogP contribution in [0.5, 0.6) is 0 Å². The Morgan fingerprint density at radius 3 is 2.43 bits per heavy atom. The van der Waals surface area contributed by atoms with E-state index >= 15 is 0 Å². The number of rotatable bonds is 8. The molecule has 2 heteroatoms. The van der Waals surface area contributed by atoms with Crippen molar-refractivity contribution in [1.82, 2.24) is 5.32 Å². The molecule has 1 unspecified atom stereocenters. The zero-order chi connectivity index (χ0) is 15.1. The Bertz CT molecular complexity index is 406. The van der Waals surface area contributed by atoms with E-state index in [2.05, 4.69) is 43.4 Å². The molecule has 0 saturated heterocycles. The van der Waals surface area contributed by atoms with Gasteiger partial charge in [-0.1, -0.05) is 51.0 Å². The van der Waals surface area contributed by atoms with Crippen LogP contribution in [0.1, 0.15) is 63.1 Å². The first-order chi connectivity index (χ1) is 10.2. The number of methoxy groups -OCH3 is 1. The van der Waals surface area contributed by atoms with E-state index in [9.17, 15) is 0 Å². The van der Waals surface area contributed by atoms with Crippen LogP contribution in [0.3, 0.4) is 0 Å². The van der Waals surface area contributed by atoms with Gasteiger partial charge in [-0.2, -0.15) is 0 Å². The van der Waals surface area contributed by atoms with Crippen molar-refractivity contribution in [2.75, 3.05) is 20.3 Å². The van der Waals surface area contributed by atoms with E-state index in [0.717, 1.165) is 19.6 Å². The molecule has 21 heavy (non-hydrogen) atoms. The molecule has 2 rings (SSSR count). The first-order valence-corrected chi connectivity index (χ1v) is 8.51. The van der Waals surface area contributed by atoms with Crippen LogP contribution in [-0.4, -0.2) is 20.3 Å². The first kappa shape index (κ1) is 16.5. The molecular formula is C19H31NO. The highest BCUT2D eigenvalue weighted by Gasteiger charge is 2.37. The SMILES string of the molecule is CCCNC(c1ccc(CCOC)cc1)C1(C)CCCC1. The Balaban J connectivity index is 2.12. The highest BCUT2D eigenvalue weighted by Crippen LogP contribution is 2.47. The molecule has 118 valence electrons. The van der Waals surface area contributed by atoms with Gasteiger partial charge in [0.1, 0.15) is 0 Å². The monoisotopic (exact) mass is 289 g/mol. The van der Waals surface area contributed by atoms with Crippen LogP contribution in [0.15, 0.2) is 24.3 Å². The zero-order valence-corrected chi connectivity index (χ0v) is 14.0. The van der Waals surface area contributed by atoms with Crippen molar-refractivity contribution in [3.63, 3.8) is 0 Å². The average Bonchev–Trinajstić information content (AvgIpc) is 2.94. The largest absolute Gasteiger partial charge is 0.384 e. The lowest BCUT2D eigenvalue weighted by Gasteiger charge is -2.35. The highest BCUT2D eigenvalue weighted by molar-refractivity contribution is 5.27. The van der Waals surface area contributed by atoms with E-state index in [0.29, 0.717) is 11.5 Å². The summed E-state index contributed by atoms with van der Waals surface area (Å²) in [5.74, 6) is 0. The van der Waals surface area contributed by atoms with Gasteiger partial charge in [0.15, 0.2) is 0 Å². The van der Waals surface area contributed by atoms with Crippen molar-refractivity contribution in [3.8, 4) is 0 Å². The van der Waals surface area contributed by atoms with Gasteiger partial charge < -0.3 is 10.1 Å². The van der Waals surface area contributed by atoms with Crippen molar-refractivity contribution >= 4 is 0 Å². The predicted molar refractivity (Wildman–Crippen MR) is 89.6 cm³/mol. The molecule has 1 aliphatic rings. The molecule has 2 nitrogen and oxygen atoms in total. The highest BCUT2D eigenvalue weighted by atomic mass is 16.5. The summed E-state index contributed by atoms with van der Waals surface area (Å²) in [6.07, 6.45) is 7.65. The molecule has 1 fully saturated rings. The van der Waals surface area contributed by atoms with Crippen molar-refractivity contribution in [3.05, 3.63) is 35.4 Å². The second-order valence-electron chi connectivity index (χ2n) is 6.73. The third-order valence-electron chi connectivity index (χ3n) is 4.95. The molecule has 1 saturated carbocycles. The lowest BCUT2D eigenvalue weighted by atomic mass is 9.77. The maximum atomic E-state index is 5.16. The summed E-state index contributed by atoms with van der Waals surface area (Å²) >= 11 is 0. The fraction of sp³-hybridized carbons (Fsp3) is 0.684. The molecule has 1 atom stereocenters. The summed E-state index contributed by atoms with van der Waals surface area (Å²) in [6, 6.07) is 9.68. The molecule has 0 radical (unpaired) electrons. The Labute approximate surface area is 130 Å². The first-order valence-electron chi connectivity index (χ1n) is 8.51. The van der Waals surface area contributed by atoms with Crippen LogP contribution < -0.4 is 5.32 Å². The molecule has 0 amide bonds. The summed E-state index contributed by atoms with van der Waals surface area (Å²) < 4.78 is 5.16. The zero-order valence-electron chi connectivity index (χ0n) is 14.0. The second kappa shape index (κ2) is 7.95. The Morgan fingerprint density at radius 1 is 1.19 bits per heavy atom. The van der Waals surface area contributed by atoms with Gasteiger partial charge >= 0.3 is 0 Å². The van der Waals surface area contributed by atoms with E-state index in [4.69, 9.17) is 4.74 Å². The number of hydrogen-bond donors (Lipinski definition) is 1. The molecule has 0 bridgehead atoms. The summed E-state index contributed by atoms with van der Waals surface area (Å²) in [5.41, 5.74) is 3.24. The number of nitrogens with one attached hydrogen (secondary N) is 1. The smallest absolute Gasteiger partial charge is 0.0502 e. The number of benzene rings is 1. The van der Waals surface area contributed by atoms with Crippen molar-refractivity contribution in [2.24, 2.45) is 5.41 Å². The summed E-state index contributed by atoms with van der Waals surface area (Å²) in [6.45, 7) is 6.61. The number of ether oxygens (including phenoxy) is 1. The molecule has 1 N–H and O–H groups in total. The normalized spacial score (nSPS) is 18.8. The third kappa shape index (κ3) is 4.31. The molecule has 1 aromatic carbocycles.